The summed E-state index contributed by atoms with van der Waals surface area (Å²) in [5.74, 6) is 0.233. The van der Waals surface area contributed by atoms with Crippen molar-refractivity contribution in [3.63, 3.8) is 0 Å². The van der Waals surface area contributed by atoms with Crippen LogP contribution in [-0.2, 0) is 26.8 Å². The number of hydrogen-bond donors (Lipinski definition) is 2. The summed E-state index contributed by atoms with van der Waals surface area (Å²) in [6, 6.07) is 6.76. The number of carbonyl (C=O) groups is 2. The Morgan fingerprint density at radius 2 is 1.80 bits per heavy atom. The first-order valence-electron chi connectivity index (χ1n) is 13.5. The second-order valence-corrected chi connectivity index (χ2v) is 12.7. The maximum Gasteiger partial charge on any atom is 0.306 e. The van der Waals surface area contributed by atoms with Crippen LogP contribution in [0.1, 0.15) is 65.1 Å². The van der Waals surface area contributed by atoms with Crippen LogP contribution >= 0.6 is 0 Å². The number of nitrogens with one attached hydrogen (secondary N) is 2. The van der Waals surface area contributed by atoms with E-state index in [0.29, 0.717) is 73.1 Å². The number of ether oxygens (including phenoxy) is 2. The van der Waals surface area contributed by atoms with E-state index in [2.05, 4.69) is 5.32 Å². The van der Waals surface area contributed by atoms with Gasteiger partial charge in [-0.2, -0.15) is 8.42 Å². The van der Waals surface area contributed by atoms with Crippen molar-refractivity contribution in [2.24, 2.45) is 0 Å². The average Bonchev–Trinajstić information content (AvgIpc) is 3.20. The molecule has 4 rings (SSSR count). The number of fused-ring (bicyclic) bond motifs is 1. The number of morpholine rings is 1. The van der Waals surface area contributed by atoms with Gasteiger partial charge in [0.25, 0.3) is 5.91 Å². The minimum atomic E-state index is -3.85. The molecule has 2 aromatic carbocycles. The number of amidine groups is 1. The Labute approximate surface area is 241 Å². The van der Waals surface area contributed by atoms with Crippen LogP contribution in [0, 0.1) is 5.41 Å². The highest BCUT2D eigenvalue weighted by atomic mass is 32.2. The van der Waals surface area contributed by atoms with Crippen molar-refractivity contribution < 1.29 is 31.7 Å². The van der Waals surface area contributed by atoms with Gasteiger partial charge in [-0.15, -0.1) is 0 Å². The largest absolute Gasteiger partial charge is 0.493 e. The molecule has 1 saturated heterocycles. The van der Waals surface area contributed by atoms with Crippen molar-refractivity contribution in [2.75, 3.05) is 57.7 Å². The van der Waals surface area contributed by atoms with E-state index in [4.69, 9.17) is 19.1 Å². The number of nitrogens with zero attached hydrogens (tertiary/aromatic N) is 2. The van der Waals surface area contributed by atoms with Crippen LogP contribution in [0.15, 0.2) is 24.3 Å². The fourth-order valence-electron chi connectivity index (χ4n) is 5.02. The third-order valence-electron chi connectivity index (χ3n) is 7.03. The Balaban J connectivity index is 1.71. The number of carbonyl (C=O) groups excluding carboxylic acids is 2. The Morgan fingerprint density at radius 1 is 1.12 bits per heavy atom. The van der Waals surface area contributed by atoms with Gasteiger partial charge in [-0.1, -0.05) is 20.8 Å². The number of amides is 1. The molecule has 1 amide bonds. The minimum Gasteiger partial charge on any atom is -0.493 e. The molecule has 0 unspecified atom stereocenters. The first-order valence-corrected chi connectivity index (χ1v) is 15.3. The zero-order valence-corrected chi connectivity index (χ0v) is 25.2. The SMILES string of the molecule is CCOc1cc2c(cc1C(=O)NC)C(=N)N(CC(=O)c1cc(N3CCOCC3)c(OS(C)(=O)=O)c(C(C)(C)C)c1)C2. The predicted octanol–water partition coefficient (Wildman–Crippen LogP) is 2.94. The fourth-order valence-corrected chi connectivity index (χ4v) is 5.50. The molecule has 2 aliphatic rings. The van der Waals surface area contributed by atoms with Gasteiger partial charge in [-0.3, -0.25) is 15.0 Å². The minimum absolute atomic E-state index is 0.0782. The van der Waals surface area contributed by atoms with Gasteiger partial charge in [0.2, 0.25) is 0 Å². The average molecular weight is 587 g/mol. The van der Waals surface area contributed by atoms with E-state index in [1.54, 1.807) is 29.2 Å². The lowest BCUT2D eigenvalue weighted by Gasteiger charge is -2.33. The van der Waals surface area contributed by atoms with Crippen molar-refractivity contribution in [1.82, 2.24) is 10.2 Å². The highest BCUT2D eigenvalue weighted by Crippen LogP contribution is 2.41. The Kier molecular flexibility index (Phi) is 8.65. The molecule has 2 aliphatic heterocycles. The molecule has 2 N–H and O–H groups in total. The lowest BCUT2D eigenvalue weighted by molar-refractivity contribution is 0.0953. The maximum atomic E-state index is 13.8. The molecule has 12 heteroatoms. The normalized spacial score (nSPS) is 15.5. The van der Waals surface area contributed by atoms with Crippen molar-refractivity contribution in [1.29, 1.82) is 5.41 Å². The number of benzene rings is 2. The number of anilines is 1. The van der Waals surface area contributed by atoms with Gasteiger partial charge in [0, 0.05) is 43.4 Å². The first kappa shape index (κ1) is 30.3. The van der Waals surface area contributed by atoms with E-state index in [0.717, 1.165) is 11.8 Å². The highest BCUT2D eigenvalue weighted by molar-refractivity contribution is 7.86. The van der Waals surface area contributed by atoms with Gasteiger partial charge in [-0.25, -0.2) is 0 Å². The third-order valence-corrected chi connectivity index (χ3v) is 7.50. The molecule has 0 radical (unpaired) electrons. The van der Waals surface area contributed by atoms with Gasteiger partial charge in [0.05, 0.1) is 43.9 Å². The van der Waals surface area contributed by atoms with E-state index < -0.39 is 15.5 Å². The summed E-state index contributed by atoms with van der Waals surface area (Å²) >= 11 is 0. The Morgan fingerprint density at radius 3 is 2.39 bits per heavy atom. The summed E-state index contributed by atoms with van der Waals surface area (Å²) < 4.78 is 41.2. The standard InChI is InChI=1S/C29H38N4O7S/c1-7-39-25-14-19-16-33(27(30)20(19)15-21(25)28(35)31-5)17-24(34)18-12-22(29(2,3)4)26(40-41(6,36)37)23(13-18)32-8-10-38-11-9-32/h12-15,30H,7-11,16-17H2,1-6H3,(H,31,35). The van der Waals surface area contributed by atoms with Crippen LogP contribution in [0.5, 0.6) is 11.5 Å². The molecule has 41 heavy (non-hydrogen) atoms. The van der Waals surface area contributed by atoms with Crippen molar-refractivity contribution in [3.05, 3.63) is 52.1 Å². The van der Waals surface area contributed by atoms with Crippen LogP contribution in [0.4, 0.5) is 5.69 Å². The van der Waals surface area contributed by atoms with Gasteiger partial charge in [-0.05, 0) is 42.2 Å². The maximum absolute atomic E-state index is 13.8. The lowest BCUT2D eigenvalue weighted by Crippen LogP contribution is -2.37. The summed E-state index contributed by atoms with van der Waals surface area (Å²) in [6.45, 7) is 10.2. The van der Waals surface area contributed by atoms with E-state index in [1.165, 1.54) is 7.05 Å². The second kappa shape index (κ2) is 11.7. The van der Waals surface area contributed by atoms with Crippen molar-refractivity contribution in [2.45, 2.75) is 39.7 Å². The second-order valence-electron chi connectivity index (χ2n) is 11.2. The molecule has 1 fully saturated rings. The molecule has 2 heterocycles. The number of hydrogen-bond acceptors (Lipinski definition) is 9. The van der Waals surface area contributed by atoms with Gasteiger partial charge in [0.15, 0.2) is 11.5 Å². The molecule has 0 aliphatic carbocycles. The summed E-state index contributed by atoms with van der Waals surface area (Å²) in [6.07, 6.45) is 1.00. The number of ketones is 1. The molecular weight excluding hydrogens is 548 g/mol. The summed E-state index contributed by atoms with van der Waals surface area (Å²) in [4.78, 5) is 29.9. The lowest BCUT2D eigenvalue weighted by atomic mass is 9.84. The zero-order chi connectivity index (χ0) is 30.1. The summed E-state index contributed by atoms with van der Waals surface area (Å²) in [7, 11) is -2.32. The van der Waals surface area contributed by atoms with Crippen LogP contribution in [0.25, 0.3) is 0 Å². The zero-order valence-electron chi connectivity index (χ0n) is 24.4. The monoisotopic (exact) mass is 586 g/mol. The smallest absolute Gasteiger partial charge is 0.306 e. The fraction of sp³-hybridized carbons (Fsp3) is 0.483. The van der Waals surface area contributed by atoms with E-state index >= 15 is 0 Å². The third kappa shape index (κ3) is 6.65. The van der Waals surface area contributed by atoms with Crippen LogP contribution in [0.3, 0.4) is 0 Å². The molecule has 2 aromatic rings. The van der Waals surface area contributed by atoms with E-state index in [1.807, 2.05) is 32.6 Å². The van der Waals surface area contributed by atoms with Crippen LogP contribution < -0.4 is 19.1 Å². The molecular formula is C29H38N4O7S. The highest BCUT2D eigenvalue weighted by Gasteiger charge is 2.32. The molecule has 0 aromatic heterocycles. The quantitative estimate of drug-likeness (QED) is 0.335. The van der Waals surface area contributed by atoms with Crippen molar-refractivity contribution >= 4 is 33.3 Å². The Hall–Kier alpha value is -3.64. The predicted molar refractivity (Wildman–Crippen MR) is 156 cm³/mol. The molecule has 0 bridgehead atoms. The molecule has 11 nitrogen and oxygen atoms in total. The van der Waals surface area contributed by atoms with Gasteiger partial charge < -0.3 is 28.8 Å². The molecule has 0 spiro atoms. The Bertz CT molecular complexity index is 1470. The van der Waals surface area contributed by atoms with Gasteiger partial charge >= 0.3 is 10.1 Å². The van der Waals surface area contributed by atoms with Crippen LogP contribution in [0.2, 0.25) is 0 Å². The van der Waals surface area contributed by atoms with Gasteiger partial charge in [0.1, 0.15) is 11.6 Å². The molecule has 0 saturated carbocycles. The van der Waals surface area contributed by atoms with E-state index in [-0.39, 0.29) is 29.8 Å². The summed E-state index contributed by atoms with van der Waals surface area (Å²) in [5.41, 5.74) is 2.65. The topological polar surface area (TPSA) is 138 Å². The molecule has 0 atom stereocenters. The van der Waals surface area contributed by atoms with Crippen LogP contribution in [-0.4, -0.2) is 83.6 Å². The number of rotatable bonds is 9. The summed E-state index contributed by atoms with van der Waals surface area (Å²) in [5, 5.41) is 11.4. The van der Waals surface area contributed by atoms with E-state index in [9.17, 15) is 18.0 Å². The first-order chi connectivity index (χ1) is 19.2. The number of Topliss-reactive ketones (excluding diaryl/α,β-unsaturated/α-hetero) is 1. The molecule has 222 valence electrons. The van der Waals surface area contributed by atoms with Crippen molar-refractivity contribution in [3.8, 4) is 11.5 Å².